The van der Waals surface area contributed by atoms with Gasteiger partial charge in [0.1, 0.15) is 5.69 Å². The summed E-state index contributed by atoms with van der Waals surface area (Å²) in [6.45, 7) is 6.85. The maximum atomic E-state index is 12.9. The van der Waals surface area contributed by atoms with Crippen molar-refractivity contribution >= 4 is 49.5 Å². The Morgan fingerprint density at radius 2 is 2.00 bits per heavy atom. The summed E-state index contributed by atoms with van der Waals surface area (Å²) in [5, 5.41) is 15.5. The van der Waals surface area contributed by atoms with Gasteiger partial charge < -0.3 is 9.64 Å². The van der Waals surface area contributed by atoms with E-state index in [9.17, 15) is 26.4 Å². The van der Waals surface area contributed by atoms with Crippen molar-refractivity contribution in [2.45, 2.75) is 65.1 Å². The van der Waals surface area contributed by atoms with Gasteiger partial charge in [-0.1, -0.05) is 31.6 Å². The molecule has 0 fully saturated rings. The van der Waals surface area contributed by atoms with Crippen LogP contribution in [0.4, 0.5) is 35.4 Å². The summed E-state index contributed by atoms with van der Waals surface area (Å²) in [7, 11) is -4.77. The first-order valence-electron chi connectivity index (χ1n) is 11.9. The number of azo groups is 1. The molecule has 3 rings (SSSR count). The lowest BCUT2D eigenvalue weighted by atomic mass is 9.93. The minimum absolute atomic E-state index is 0.00509. The standard InChI is InChI=1S/C22H29F3N6O4S2/c1-4-7-10-35-20(32)19-27-29-21(36-19)28-26-16-11-14-8-9-15(5-2)31(6-3)18(14)12-17(16)30-37(33,34)13-22(23,24)25/h11-12,15,30H,4-10,13H2,1-3H3. The zero-order chi connectivity index (χ0) is 27.2. The predicted molar refractivity (Wildman–Crippen MR) is 135 cm³/mol. The third-order valence-corrected chi connectivity index (χ3v) is 7.71. The molecule has 1 N–H and O–H groups in total. The number of benzene rings is 1. The molecule has 204 valence electrons. The SMILES string of the molecule is CCCCOC(=O)c1nnc(N=Nc2cc3c(cc2NS(=O)(=O)CC(F)(F)F)N(CC)C(CC)CC3)s1. The Morgan fingerprint density at radius 1 is 1.24 bits per heavy atom. The zero-order valence-electron chi connectivity index (χ0n) is 20.7. The first kappa shape index (κ1) is 28.8. The number of rotatable bonds is 11. The monoisotopic (exact) mass is 562 g/mol. The first-order chi connectivity index (χ1) is 17.5. The van der Waals surface area contributed by atoms with E-state index in [1.807, 2.05) is 25.5 Å². The second-order valence-corrected chi connectivity index (χ2v) is 11.1. The largest absolute Gasteiger partial charge is 0.460 e. The van der Waals surface area contributed by atoms with Gasteiger partial charge in [-0.15, -0.1) is 20.4 Å². The summed E-state index contributed by atoms with van der Waals surface area (Å²) in [6, 6.07) is 3.33. The molecule has 15 heteroatoms. The van der Waals surface area contributed by atoms with Crippen LogP contribution >= 0.6 is 11.3 Å². The molecule has 0 spiro atoms. The highest BCUT2D eigenvalue weighted by atomic mass is 32.2. The predicted octanol–water partition coefficient (Wildman–Crippen LogP) is 5.77. The van der Waals surface area contributed by atoms with Gasteiger partial charge in [0.05, 0.1) is 12.3 Å². The normalized spacial score (nSPS) is 16.2. The van der Waals surface area contributed by atoms with E-state index in [0.717, 1.165) is 41.9 Å². The molecule has 0 saturated heterocycles. The molecule has 0 saturated carbocycles. The number of hydrogen-bond acceptors (Lipinski definition) is 10. The van der Waals surface area contributed by atoms with E-state index in [2.05, 4.69) is 25.3 Å². The number of aromatic nitrogens is 2. The van der Waals surface area contributed by atoms with Crippen LogP contribution in [0.15, 0.2) is 22.4 Å². The summed E-state index contributed by atoms with van der Waals surface area (Å²) in [5.74, 6) is -2.69. The van der Waals surface area contributed by atoms with Crippen LogP contribution in [0, 0.1) is 0 Å². The van der Waals surface area contributed by atoms with Gasteiger partial charge in [-0.05, 0) is 50.3 Å². The number of halogens is 3. The van der Waals surface area contributed by atoms with Crippen molar-refractivity contribution in [3.63, 3.8) is 0 Å². The molecule has 1 aliphatic heterocycles. The lowest BCUT2D eigenvalue weighted by Gasteiger charge is -2.38. The molecule has 1 atom stereocenters. The van der Waals surface area contributed by atoms with Crippen LogP contribution < -0.4 is 9.62 Å². The highest BCUT2D eigenvalue weighted by Crippen LogP contribution is 2.40. The van der Waals surface area contributed by atoms with Crippen LogP contribution in [-0.2, 0) is 21.2 Å². The number of hydrogen-bond donors (Lipinski definition) is 1. The van der Waals surface area contributed by atoms with Crippen molar-refractivity contribution in [3.8, 4) is 0 Å². The van der Waals surface area contributed by atoms with E-state index in [4.69, 9.17) is 4.74 Å². The maximum Gasteiger partial charge on any atom is 0.404 e. The second kappa shape index (κ2) is 12.2. The summed E-state index contributed by atoms with van der Waals surface area (Å²) in [4.78, 5) is 14.1. The summed E-state index contributed by atoms with van der Waals surface area (Å²) in [6.07, 6.45) is -0.935. The van der Waals surface area contributed by atoms with Gasteiger partial charge in [-0.25, -0.2) is 13.2 Å². The van der Waals surface area contributed by atoms with Crippen LogP contribution in [0.2, 0.25) is 0 Å². The van der Waals surface area contributed by atoms with Crippen LogP contribution in [0.25, 0.3) is 0 Å². The van der Waals surface area contributed by atoms with E-state index in [1.54, 1.807) is 6.07 Å². The Hall–Kier alpha value is -2.81. The Morgan fingerprint density at radius 3 is 2.65 bits per heavy atom. The molecule has 1 aromatic carbocycles. The molecule has 0 amide bonds. The van der Waals surface area contributed by atoms with Crippen molar-refractivity contribution in [1.82, 2.24) is 10.2 Å². The highest BCUT2D eigenvalue weighted by molar-refractivity contribution is 7.92. The molecule has 1 aromatic heterocycles. The smallest absolute Gasteiger partial charge is 0.404 e. The number of sulfonamides is 1. The van der Waals surface area contributed by atoms with E-state index >= 15 is 0 Å². The molecule has 2 heterocycles. The minimum Gasteiger partial charge on any atom is -0.460 e. The molecular weight excluding hydrogens is 533 g/mol. The van der Waals surface area contributed by atoms with E-state index < -0.39 is 27.9 Å². The third kappa shape index (κ3) is 7.84. The van der Waals surface area contributed by atoms with Crippen LogP contribution in [0.5, 0.6) is 0 Å². The fourth-order valence-corrected chi connectivity index (χ4v) is 5.57. The van der Waals surface area contributed by atoms with Crippen LogP contribution in [0.3, 0.4) is 0 Å². The average Bonchev–Trinajstić information content (AvgIpc) is 3.29. The maximum absolute atomic E-state index is 12.9. The number of aryl methyl sites for hydroxylation is 1. The second-order valence-electron chi connectivity index (χ2n) is 8.44. The van der Waals surface area contributed by atoms with Gasteiger partial charge in [0.15, 0.2) is 5.75 Å². The number of carbonyl (C=O) groups excluding carboxylic acids is 1. The van der Waals surface area contributed by atoms with Gasteiger partial charge in [0.2, 0.25) is 15.0 Å². The van der Waals surface area contributed by atoms with Crippen LogP contribution in [0.1, 0.15) is 61.8 Å². The van der Waals surface area contributed by atoms with Crippen molar-refractivity contribution in [3.05, 3.63) is 22.7 Å². The van der Waals surface area contributed by atoms with E-state index in [1.165, 1.54) is 6.07 Å². The topological polar surface area (TPSA) is 126 Å². The Bertz CT molecular complexity index is 1230. The van der Waals surface area contributed by atoms with Gasteiger partial charge in [0.25, 0.3) is 5.13 Å². The third-order valence-electron chi connectivity index (χ3n) is 5.69. The van der Waals surface area contributed by atoms with Gasteiger partial charge in [-0.3, -0.25) is 4.72 Å². The Labute approximate surface area is 217 Å². The lowest BCUT2D eigenvalue weighted by Crippen LogP contribution is -2.38. The van der Waals surface area contributed by atoms with Gasteiger partial charge in [-0.2, -0.15) is 13.2 Å². The first-order valence-corrected chi connectivity index (χ1v) is 14.4. The minimum atomic E-state index is -4.92. The molecule has 37 heavy (non-hydrogen) atoms. The van der Waals surface area contributed by atoms with E-state index in [0.29, 0.717) is 19.4 Å². The Balaban J connectivity index is 1.95. The number of nitrogens with one attached hydrogen (secondary N) is 1. The summed E-state index contributed by atoms with van der Waals surface area (Å²) in [5.41, 5.74) is 1.50. The number of nitrogens with zero attached hydrogens (tertiary/aromatic N) is 5. The number of esters is 1. The lowest BCUT2D eigenvalue weighted by molar-refractivity contribution is -0.106. The fourth-order valence-electron chi connectivity index (χ4n) is 4.00. The van der Waals surface area contributed by atoms with Crippen molar-refractivity contribution < 1.29 is 31.1 Å². The molecule has 1 aliphatic rings. The van der Waals surface area contributed by atoms with Crippen molar-refractivity contribution in [2.75, 3.05) is 28.5 Å². The zero-order valence-corrected chi connectivity index (χ0v) is 22.3. The quantitative estimate of drug-likeness (QED) is 0.209. The molecule has 0 radical (unpaired) electrons. The number of ether oxygens (including phenoxy) is 1. The molecule has 0 bridgehead atoms. The molecule has 2 aromatic rings. The van der Waals surface area contributed by atoms with Crippen LogP contribution in [-0.4, -0.2) is 55.7 Å². The molecule has 1 unspecified atom stereocenters. The molecule has 0 aliphatic carbocycles. The molecular formula is C22H29F3N6O4S2. The molecule has 10 nitrogen and oxygen atoms in total. The number of unbranched alkanes of at least 4 members (excludes halogenated alkanes) is 1. The number of carbonyl (C=O) groups is 1. The number of fused-ring (bicyclic) bond motifs is 1. The summed E-state index contributed by atoms with van der Waals surface area (Å²) >= 11 is 0.828. The number of anilines is 2. The van der Waals surface area contributed by atoms with E-state index in [-0.39, 0.29) is 34.2 Å². The summed E-state index contributed by atoms with van der Waals surface area (Å²) < 4.78 is 70.2. The Kier molecular flexibility index (Phi) is 9.45. The highest BCUT2D eigenvalue weighted by Gasteiger charge is 2.36. The van der Waals surface area contributed by atoms with Crippen molar-refractivity contribution in [2.24, 2.45) is 10.2 Å². The fraction of sp³-hybridized carbons (Fsp3) is 0.591. The van der Waals surface area contributed by atoms with Gasteiger partial charge >= 0.3 is 12.1 Å². The van der Waals surface area contributed by atoms with Crippen molar-refractivity contribution in [1.29, 1.82) is 0 Å². The average molecular weight is 563 g/mol. The van der Waals surface area contributed by atoms with Gasteiger partial charge in [0, 0.05) is 18.3 Å². The number of alkyl halides is 3.